The maximum atomic E-state index is 12.7. The Hall–Kier alpha value is -2.67. The number of Topliss-reactive ketones (excluding diaryl/α,β-unsaturated/α-hetero) is 1. The van der Waals surface area contributed by atoms with E-state index >= 15 is 0 Å². The number of anilines is 2. The van der Waals surface area contributed by atoms with E-state index in [2.05, 4.69) is 16.7 Å². The Labute approximate surface area is 149 Å². The van der Waals surface area contributed by atoms with Gasteiger partial charge in [0.1, 0.15) is 5.00 Å². The number of ketones is 1. The molecule has 130 valence electrons. The van der Waals surface area contributed by atoms with Crippen molar-refractivity contribution < 1.29 is 14.4 Å². The lowest BCUT2D eigenvalue weighted by Crippen LogP contribution is -2.19. The second-order valence-corrected chi connectivity index (χ2v) is 7.06. The van der Waals surface area contributed by atoms with Gasteiger partial charge in [0, 0.05) is 5.56 Å². The van der Waals surface area contributed by atoms with E-state index in [4.69, 9.17) is 5.73 Å². The molecule has 0 fully saturated rings. The highest BCUT2D eigenvalue weighted by Crippen LogP contribution is 2.33. The van der Waals surface area contributed by atoms with E-state index in [0.717, 1.165) is 42.6 Å². The Bertz CT molecular complexity index is 857. The third kappa shape index (κ3) is 3.71. The van der Waals surface area contributed by atoms with Gasteiger partial charge in [0.15, 0.2) is 5.78 Å². The van der Waals surface area contributed by atoms with Gasteiger partial charge in [-0.3, -0.25) is 14.9 Å². The minimum Gasteiger partial charge on any atom is -0.351 e. The van der Waals surface area contributed by atoms with Gasteiger partial charge in [0.25, 0.3) is 5.91 Å². The van der Waals surface area contributed by atoms with Crippen LogP contribution in [0.25, 0.3) is 0 Å². The summed E-state index contributed by atoms with van der Waals surface area (Å²) in [5, 5.41) is 6.09. The van der Waals surface area contributed by atoms with E-state index in [-0.39, 0.29) is 11.7 Å². The molecule has 4 N–H and O–H groups in total. The van der Waals surface area contributed by atoms with Crippen molar-refractivity contribution in [3.8, 4) is 0 Å². The first-order valence-corrected chi connectivity index (χ1v) is 8.90. The molecule has 25 heavy (non-hydrogen) atoms. The Morgan fingerprint density at radius 2 is 1.84 bits per heavy atom. The smallest absolute Gasteiger partial charge is 0.317 e. The number of amides is 3. The van der Waals surface area contributed by atoms with Gasteiger partial charge in [-0.2, -0.15) is 0 Å². The molecule has 1 heterocycles. The number of carbonyl (C=O) groups is 3. The lowest BCUT2D eigenvalue weighted by Gasteiger charge is -2.18. The van der Waals surface area contributed by atoms with E-state index in [9.17, 15) is 14.4 Å². The summed E-state index contributed by atoms with van der Waals surface area (Å²) in [4.78, 5) is 35.5. The van der Waals surface area contributed by atoms with Crippen LogP contribution < -0.4 is 16.4 Å². The zero-order chi connectivity index (χ0) is 18.0. The summed E-state index contributed by atoms with van der Waals surface area (Å²) in [5.74, 6) is -0.418. The van der Waals surface area contributed by atoms with Crippen molar-refractivity contribution in [2.75, 3.05) is 10.6 Å². The molecule has 1 aliphatic rings. The van der Waals surface area contributed by atoms with Crippen molar-refractivity contribution in [3.05, 3.63) is 46.5 Å². The number of benzene rings is 1. The Balaban J connectivity index is 1.86. The van der Waals surface area contributed by atoms with Crippen molar-refractivity contribution in [1.29, 1.82) is 0 Å². The average Bonchev–Trinajstić information content (AvgIpc) is 2.96. The predicted octanol–water partition coefficient (Wildman–Crippen LogP) is 3.57. The number of rotatable bonds is 4. The quantitative estimate of drug-likeness (QED) is 0.729. The van der Waals surface area contributed by atoms with E-state index in [1.807, 2.05) is 12.1 Å². The van der Waals surface area contributed by atoms with Crippen LogP contribution >= 0.6 is 11.3 Å². The minimum atomic E-state index is -0.751. The fourth-order valence-electron chi connectivity index (χ4n) is 3.09. The summed E-state index contributed by atoms with van der Waals surface area (Å²) in [5.41, 5.74) is 8.45. The lowest BCUT2D eigenvalue weighted by molar-refractivity contribution is 0.101. The molecule has 0 aliphatic heterocycles. The van der Waals surface area contributed by atoms with Gasteiger partial charge >= 0.3 is 6.03 Å². The highest BCUT2D eigenvalue weighted by atomic mass is 32.1. The molecule has 0 spiro atoms. The molecule has 0 unspecified atom stereocenters. The fraction of sp³-hybridized carbons (Fsp3) is 0.278. The molecule has 0 saturated heterocycles. The van der Waals surface area contributed by atoms with Crippen LogP contribution in [0.5, 0.6) is 0 Å². The summed E-state index contributed by atoms with van der Waals surface area (Å²) >= 11 is 1.11. The summed E-state index contributed by atoms with van der Waals surface area (Å²) in [6.07, 6.45) is 4.12. The summed E-state index contributed by atoms with van der Waals surface area (Å²) in [6, 6.07) is 6.60. The van der Waals surface area contributed by atoms with Crippen LogP contribution in [0.15, 0.2) is 24.3 Å². The highest BCUT2D eigenvalue weighted by Gasteiger charge is 2.20. The standard InChI is InChI=1S/C18H19N3O3S/c1-10(22)14-9-15(25-17(14)21-18(19)24)20-16(23)13-8-4-6-11-5-2-3-7-12(11)13/h4,6,8-9H,2-3,5,7H2,1H3,(H,20,23)(H3,19,21,24). The van der Waals surface area contributed by atoms with Crippen LogP contribution in [0.3, 0.4) is 0 Å². The van der Waals surface area contributed by atoms with Crippen LogP contribution in [0.2, 0.25) is 0 Å². The van der Waals surface area contributed by atoms with Crippen LogP contribution in [0.1, 0.15) is 51.6 Å². The molecule has 1 aromatic carbocycles. The normalized spacial score (nSPS) is 13.0. The number of nitrogens with two attached hydrogens (primary N) is 1. The maximum Gasteiger partial charge on any atom is 0.317 e. The first-order chi connectivity index (χ1) is 12.0. The van der Waals surface area contributed by atoms with E-state index < -0.39 is 6.03 Å². The van der Waals surface area contributed by atoms with Crippen molar-refractivity contribution in [1.82, 2.24) is 0 Å². The SMILES string of the molecule is CC(=O)c1cc(NC(=O)c2cccc3c2CCCC3)sc1NC(N)=O. The molecular weight excluding hydrogens is 338 g/mol. The third-order valence-corrected chi connectivity index (χ3v) is 5.19. The molecule has 0 saturated carbocycles. The van der Waals surface area contributed by atoms with Gasteiger partial charge in [0.2, 0.25) is 0 Å². The number of fused-ring (bicyclic) bond motifs is 1. The summed E-state index contributed by atoms with van der Waals surface area (Å²) in [7, 11) is 0. The Morgan fingerprint density at radius 3 is 2.56 bits per heavy atom. The van der Waals surface area contributed by atoms with E-state index in [0.29, 0.717) is 21.1 Å². The van der Waals surface area contributed by atoms with Crippen molar-refractivity contribution in [3.63, 3.8) is 0 Å². The molecule has 3 rings (SSSR count). The first kappa shape index (κ1) is 17.2. The molecule has 0 bridgehead atoms. The molecule has 0 atom stereocenters. The largest absolute Gasteiger partial charge is 0.351 e. The number of urea groups is 1. The Kier molecular flexibility index (Phi) is 4.85. The molecule has 7 heteroatoms. The molecule has 2 aromatic rings. The summed E-state index contributed by atoms with van der Waals surface area (Å²) in [6.45, 7) is 1.40. The molecule has 3 amide bonds. The maximum absolute atomic E-state index is 12.7. The van der Waals surface area contributed by atoms with Gasteiger partial charge < -0.3 is 11.1 Å². The van der Waals surface area contributed by atoms with Gasteiger partial charge in [-0.05, 0) is 55.9 Å². The lowest BCUT2D eigenvalue weighted by atomic mass is 9.88. The summed E-state index contributed by atoms with van der Waals surface area (Å²) < 4.78 is 0. The van der Waals surface area contributed by atoms with E-state index in [1.54, 1.807) is 6.07 Å². The molecule has 1 aliphatic carbocycles. The zero-order valence-electron chi connectivity index (χ0n) is 13.8. The molecule has 0 radical (unpaired) electrons. The topological polar surface area (TPSA) is 101 Å². The van der Waals surface area contributed by atoms with Crippen LogP contribution in [0.4, 0.5) is 14.8 Å². The second-order valence-electron chi connectivity index (χ2n) is 6.00. The number of nitrogens with one attached hydrogen (secondary N) is 2. The van der Waals surface area contributed by atoms with Crippen LogP contribution in [-0.4, -0.2) is 17.7 Å². The number of carbonyl (C=O) groups excluding carboxylic acids is 3. The zero-order valence-corrected chi connectivity index (χ0v) is 14.7. The second kappa shape index (κ2) is 7.06. The van der Waals surface area contributed by atoms with Gasteiger partial charge in [-0.1, -0.05) is 23.5 Å². The number of aryl methyl sites for hydroxylation is 1. The van der Waals surface area contributed by atoms with Gasteiger partial charge in [-0.15, -0.1) is 0 Å². The van der Waals surface area contributed by atoms with Crippen LogP contribution in [0, 0.1) is 0 Å². The van der Waals surface area contributed by atoms with E-state index in [1.165, 1.54) is 12.5 Å². The first-order valence-electron chi connectivity index (χ1n) is 8.09. The average molecular weight is 357 g/mol. The van der Waals surface area contributed by atoms with Gasteiger partial charge in [0.05, 0.1) is 10.6 Å². The Morgan fingerprint density at radius 1 is 1.08 bits per heavy atom. The monoisotopic (exact) mass is 357 g/mol. The third-order valence-electron chi connectivity index (χ3n) is 4.23. The minimum absolute atomic E-state index is 0.208. The number of primary amides is 1. The molecular formula is C18H19N3O3S. The van der Waals surface area contributed by atoms with Gasteiger partial charge in [-0.25, -0.2) is 4.79 Å². The highest BCUT2D eigenvalue weighted by molar-refractivity contribution is 7.20. The number of hydrogen-bond acceptors (Lipinski definition) is 4. The number of thiophene rings is 1. The van der Waals surface area contributed by atoms with Crippen molar-refractivity contribution >= 4 is 39.1 Å². The van der Waals surface area contributed by atoms with Crippen molar-refractivity contribution in [2.45, 2.75) is 32.6 Å². The van der Waals surface area contributed by atoms with Crippen molar-refractivity contribution in [2.24, 2.45) is 5.73 Å². The molecule has 6 nitrogen and oxygen atoms in total. The predicted molar refractivity (Wildman–Crippen MR) is 98.6 cm³/mol. The molecule has 1 aromatic heterocycles. The number of hydrogen-bond donors (Lipinski definition) is 3. The van der Waals surface area contributed by atoms with Crippen LogP contribution in [-0.2, 0) is 12.8 Å². The fourth-order valence-corrected chi connectivity index (χ4v) is 4.10.